The predicted molar refractivity (Wildman–Crippen MR) is 134 cm³/mol. The molecule has 2 saturated carbocycles. The van der Waals surface area contributed by atoms with Gasteiger partial charge in [0.1, 0.15) is 0 Å². The highest BCUT2D eigenvalue weighted by molar-refractivity contribution is 14.0. The molecule has 4 fully saturated rings. The van der Waals surface area contributed by atoms with Gasteiger partial charge in [0.2, 0.25) is 0 Å². The zero-order chi connectivity index (χ0) is 19.8. The van der Waals surface area contributed by atoms with E-state index in [0.717, 1.165) is 19.1 Å². The first-order valence-electron chi connectivity index (χ1n) is 11.8. The first-order valence-corrected chi connectivity index (χ1v) is 11.8. The fraction of sp³-hybridized carbons (Fsp3) is 0.708. The molecule has 4 aliphatic rings. The van der Waals surface area contributed by atoms with Gasteiger partial charge in [-0.2, -0.15) is 0 Å². The lowest BCUT2D eigenvalue weighted by Crippen LogP contribution is -2.72. The fourth-order valence-electron chi connectivity index (χ4n) is 6.15. The van der Waals surface area contributed by atoms with E-state index in [1.807, 2.05) is 0 Å². The average molecular weight is 524 g/mol. The largest absolute Gasteiger partial charge is 0.377 e. The van der Waals surface area contributed by atoms with Crippen LogP contribution in [-0.2, 0) is 4.74 Å². The van der Waals surface area contributed by atoms with Gasteiger partial charge in [-0.25, -0.2) is 0 Å². The van der Waals surface area contributed by atoms with E-state index >= 15 is 0 Å². The lowest BCUT2D eigenvalue weighted by atomic mass is 9.46. The van der Waals surface area contributed by atoms with Gasteiger partial charge >= 0.3 is 0 Å². The Bertz CT molecular complexity index is 759. The van der Waals surface area contributed by atoms with Gasteiger partial charge in [-0.1, -0.05) is 18.6 Å². The summed E-state index contributed by atoms with van der Waals surface area (Å²) in [7, 11) is 0. The minimum atomic E-state index is 0. The second-order valence-corrected chi connectivity index (χ2v) is 9.43. The first-order chi connectivity index (χ1) is 14.2. The van der Waals surface area contributed by atoms with Crippen molar-refractivity contribution in [3.05, 3.63) is 29.8 Å². The molecular weight excluding hydrogens is 487 g/mol. The summed E-state index contributed by atoms with van der Waals surface area (Å²) in [4.78, 5) is 7.30. The van der Waals surface area contributed by atoms with Crippen molar-refractivity contribution in [2.24, 2.45) is 16.3 Å². The van der Waals surface area contributed by atoms with Crippen LogP contribution in [-0.4, -0.2) is 44.3 Å². The van der Waals surface area contributed by atoms with E-state index < -0.39 is 0 Å². The van der Waals surface area contributed by atoms with Crippen molar-refractivity contribution in [2.45, 2.75) is 70.6 Å². The van der Waals surface area contributed by atoms with Crippen LogP contribution in [0, 0.1) is 11.3 Å². The van der Waals surface area contributed by atoms with Crippen molar-refractivity contribution < 1.29 is 4.74 Å². The summed E-state index contributed by atoms with van der Waals surface area (Å²) in [6.07, 6.45) is 8.26. The molecule has 2 N–H and O–H groups in total. The molecule has 166 valence electrons. The van der Waals surface area contributed by atoms with Crippen molar-refractivity contribution in [3.63, 3.8) is 0 Å². The van der Waals surface area contributed by atoms with E-state index in [1.165, 1.54) is 62.9 Å². The number of guanidine groups is 1. The molecule has 4 atom stereocenters. The lowest BCUT2D eigenvalue weighted by molar-refractivity contribution is -0.171. The molecule has 6 heteroatoms. The molecule has 2 aliphatic heterocycles. The SMILES string of the molecule is CCN=C(NC(C)c1cccc(N2CCCC2)c1)NC1C2CCOC2C12CCC2.I. The summed E-state index contributed by atoms with van der Waals surface area (Å²) < 4.78 is 6.09. The summed E-state index contributed by atoms with van der Waals surface area (Å²) in [5.41, 5.74) is 3.05. The number of ether oxygens (including phenoxy) is 1. The van der Waals surface area contributed by atoms with Gasteiger partial charge < -0.3 is 20.3 Å². The molecule has 5 nitrogen and oxygen atoms in total. The Balaban J connectivity index is 0.00000218. The van der Waals surface area contributed by atoms with Crippen molar-refractivity contribution in [1.82, 2.24) is 10.6 Å². The average Bonchev–Trinajstić information content (AvgIpc) is 3.36. The van der Waals surface area contributed by atoms with E-state index in [9.17, 15) is 0 Å². The Kier molecular flexibility index (Phi) is 6.82. The minimum absolute atomic E-state index is 0. The van der Waals surface area contributed by atoms with Crippen LogP contribution in [0.25, 0.3) is 0 Å². The summed E-state index contributed by atoms with van der Waals surface area (Å²) in [6.45, 7) is 8.46. The number of halogens is 1. The number of nitrogens with one attached hydrogen (secondary N) is 2. The third kappa shape index (κ3) is 3.83. The molecule has 0 bridgehead atoms. The van der Waals surface area contributed by atoms with Gasteiger partial charge in [0, 0.05) is 49.3 Å². The van der Waals surface area contributed by atoms with Crippen LogP contribution in [0.5, 0.6) is 0 Å². The molecule has 2 saturated heterocycles. The zero-order valence-electron chi connectivity index (χ0n) is 18.4. The number of fused-ring (bicyclic) bond motifs is 2. The predicted octanol–water partition coefficient (Wildman–Crippen LogP) is 4.48. The Labute approximate surface area is 198 Å². The van der Waals surface area contributed by atoms with E-state index in [2.05, 4.69) is 53.6 Å². The molecule has 0 aromatic heterocycles. The third-order valence-electron chi connectivity index (χ3n) is 7.84. The van der Waals surface area contributed by atoms with E-state index in [4.69, 9.17) is 9.73 Å². The number of hydrogen-bond donors (Lipinski definition) is 2. The summed E-state index contributed by atoms with van der Waals surface area (Å²) >= 11 is 0. The van der Waals surface area contributed by atoms with E-state index in [-0.39, 0.29) is 30.0 Å². The Hall–Kier alpha value is -1.02. The molecule has 30 heavy (non-hydrogen) atoms. The molecular formula is C24H37IN4O. The molecule has 1 aromatic rings. The van der Waals surface area contributed by atoms with Gasteiger partial charge in [0.05, 0.1) is 12.1 Å². The van der Waals surface area contributed by atoms with Gasteiger partial charge in [-0.15, -0.1) is 24.0 Å². The van der Waals surface area contributed by atoms with Crippen molar-refractivity contribution in [1.29, 1.82) is 0 Å². The number of hydrogen-bond acceptors (Lipinski definition) is 3. The van der Waals surface area contributed by atoms with Crippen LogP contribution in [0.15, 0.2) is 29.3 Å². The number of benzene rings is 1. The maximum Gasteiger partial charge on any atom is 0.191 e. The zero-order valence-corrected chi connectivity index (χ0v) is 20.7. The molecule has 1 aromatic carbocycles. The minimum Gasteiger partial charge on any atom is -0.377 e. The number of rotatable bonds is 5. The second kappa shape index (κ2) is 9.23. The van der Waals surface area contributed by atoms with E-state index in [1.54, 1.807) is 0 Å². The van der Waals surface area contributed by atoms with Gasteiger partial charge in [0.25, 0.3) is 0 Å². The van der Waals surface area contributed by atoms with Crippen LogP contribution in [0.1, 0.15) is 64.0 Å². The maximum atomic E-state index is 6.09. The fourth-order valence-corrected chi connectivity index (χ4v) is 6.15. The highest BCUT2D eigenvalue weighted by Crippen LogP contribution is 2.62. The molecule has 4 unspecified atom stereocenters. The summed E-state index contributed by atoms with van der Waals surface area (Å²) in [5, 5.41) is 7.53. The summed E-state index contributed by atoms with van der Waals surface area (Å²) in [6, 6.07) is 9.77. The van der Waals surface area contributed by atoms with Crippen LogP contribution in [0.3, 0.4) is 0 Å². The molecule has 2 aliphatic carbocycles. The smallest absolute Gasteiger partial charge is 0.191 e. The van der Waals surface area contributed by atoms with Crippen LogP contribution in [0.4, 0.5) is 5.69 Å². The van der Waals surface area contributed by atoms with Gasteiger partial charge in [-0.05, 0) is 63.6 Å². The van der Waals surface area contributed by atoms with Gasteiger partial charge in [0.15, 0.2) is 5.96 Å². The first kappa shape index (κ1) is 22.2. The Morgan fingerprint density at radius 3 is 2.77 bits per heavy atom. The normalized spacial score (nSPS) is 30.1. The molecule has 2 heterocycles. The summed E-state index contributed by atoms with van der Waals surface area (Å²) in [5.74, 6) is 1.63. The van der Waals surface area contributed by atoms with Crippen LogP contribution >= 0.6 is 24.0 Å². The van der Waals surface area contributed by atoms with Crippen LogP contribution in [0.2, 0.25) is 0 Å². The topological polar surface area (TPSA) is 48.9 Å². The quantitative estimate of drug-likeness (QED) is 0.339. The molecule has 0 radical (unpaired) electrons. The van der Waals surface area contributed by atoms with Crippen molar-refractivity contribution >= 4 is 35.6 Å². The lowest BCUT2D eigenvalue weighted by Gasteiger charge is -2.63. The van der Waals surface area contributed by atoms with Gasteiger partial charge in [-0.3, -0.25) is 4.99 Å². The Morgan fingerprint density at radius 2 is 2.07 bits per heavy atom. The Morgan fingerprint density at radius 1 is 1.27 bits per heavy atom. The van der Waals surface area contributed by atoms with Crippen molar-refractivity contribution in [2.75, 3.05) is 31.1 Å². The van der Waals surface area contributed by atoms with Crippen molar-refractivity contribution in [3.8, 4) is 0 Å². The molecule has 5 rings (SSSR count). The van der Waals surface area contributed by atoms with Crippen LogP contribution < -0.4 is 15.5 Å². The molecule has 1 spiro atoms. The number of aliphatic imine (C=N–C) groups is 1. The monoisotopic (exact) mass is 524 g/mol. The van der Waals surface area contributed by atoms with E-state index in [0.29, 0.717) is 23.5 Å². The number of nitrogens with zero attached hydrogens (tertiary/aromatic N) is 2. The number of anilines is 1. The standard InChI is InChI=1S/C24H36N4O.HI/c1-3-25-23(27-21-20-10-15-29-22(20)24(21)11-7-12-24)26-17(2)18-8-6-9-19(16-18)28-13-4-5-14-28;/h6,8-9,16-17,20-22H,3-5,7,10-15H2,1-2H3,(H2,25,26,27);1H. The molecule has 0 amide bonds. The highest BCUT2D eigenvalue weighted by Gasteiger charge is 2.66. The maximum absolute atomic E-state index is 6.09. The second-order valence-electron chi connectivity index (χ2n) is 9.43. The third-order valence-corrected chi connectivity index (χ3v) is 7.84. The highest BCUT2D eigenvalue weighted by atomic mass is 127.